The molecule has 0 saturated heterocycles. The second-order valence-corrected chi connectivity index (χ2v) is 12.1. The van der Waals surface area contributed by atoms with Gasteiger partial charge in [0.05, 0.1) is 25.7 Å². The third-order valence-electron chi connectivity index (χ3n) is 7.71. The molecule has 3 N–H and O–H groups in total. The lowest BCUT2D eigenvalue weighted by molar-refractivity contribution is 0.0746. The van der Waals surface area contributed by atoms with Gasteiger partial charge in [0.15, 0.2) is 0 Å². The van der Waals surface area contributed by atoms with Crippen molar-refractivity contribution in [3.63, 3.8) is 0 Å². The molecule has 1 saturated carbocycles. The molecule has 11 heteroatoms. The van der Waals surface area contributed by atoms with E-state index in [1.807, 2.05) is 6.07 Å². The zero-order chi connectivity index (χ0) is 25.7. The number of aliphatic hydroxyl groups is 1. The van der Waals surface area contributed by atoms with Gasteiger partial charge in [-0.05, 0) is 70.6 Å². The number of ether oxygens (including phenoxy) is 3. The van der Waals surface area contributed by atoms with Crippen molar-refractivity contribution in [1.82, 2.24) is 10.1 Å². The summed E-state index contributed by atoms with van der Waals surface area (Å²) < 4.78 is 43.7. The van der Waals surface area contributed by atoms with Gasteiger partial charge in [-0.3, -0.25) is 0 Å². The number of benzene rings is 2. The zero-order valence-corrected chi connectivity index (χ0v) is 22.8. The van der Waals surface area contributed by atoms with E-state index in [1.165, 1.54) is 19.2 Å². The number of aliphatic hydroxyl groups excluding tert-OH is 1. The lowest BCUT2D eigenvalue weighted by Crippen LogP contribution is -2.52. The van der Waals surface area contributed by atoms with Crippen molar-refractivity contribution >= 4 is 31.7 Å². The van der Waals surface area contributed by atoms with E-state index in [0.717, 1.165) is 27.1 Å². The van der Waals surface area contributed by atoms with E-state index < -0.39 is 10.0 Å². The summed E-state index contributed by atoms with van der Waals surface area (Å²) in [4.78, 5) is 2.51. The van der Waals surface area contributed by atoms with Crippen LogP contribution in [0.4, 0.5) is 0 Å². The van der Waals surface area contributed by atoms with E-state index >= 15 is 0 Å². The lowest BCUT2D eigenvalue weighted by atomic mass is 9.59. The second-order valence-electron chi connectivity index (χ2n) is 9.63. The third kappa shape index (κ3) is 4.06. The zero-order valence-electron chi connectivity index (χ0n) is 20.4. The van der Waals surface area contributed by atoms with E-state index in [1.54, 1.807) is 19.2 Å². The van der Waals surface area contributed by atoms with Crippen molar-refractivity contribution in [2.24, 2.45) is 11.0 Å². The lowest BCUT2D eigenvalue weighted by Gasteiger charge is -2.45. The van der Waals surface area contributed by atoms with Crippen LogP contribution in [0.1, 0.15) is 37.3 Å². The first-order valence-electron chi connectivity index (χ1n) is 11.9. The van der Waals surface area contributed by atoms with Crippen molar-refractivity contribution < 1.29 is 27.7 Å². The highest BCUT2D eigenvalue weighted by molar-refractivity contribution is 9.10. The summed E-state index contributed by atoms with van der Waals surface area (Å²) in [5.74, 6) is 2.12. The van der Waals surface area contributed by atoms with Crippen molar-refractivity contribution in [3.05, 3.63) is 45.9 Å². The average Bonchev–Trinajstić information content (AvgIpc) is 3.12. The molecule has 5 rings (SSSR count). The van der Waals surface area contributed by atoms with E-state index in [0.29, 0.717) is 37.3 Å². The Balaban J connectivity index is 1.48. The van der Waals surface area contributed by atoms with Gasteiger partial charge in [-0.15, -0.1) is 0 Å². The molecule has 2 aromatic rings. The average molecular weight is 581 g/mol. The summed E-state index contributed by atoms with van der Waals surface area (Å²) in [5, 5.41) is 17.9. The largest absolute Gasteiger partial charge is 0.497 e. The minimum absolute atomic E-state index is 0.0193. The minimum atomic E-state index is -3.83. The highest BCUT2D eigenvalue weighted by atomic mass is 79.9. The number of sulfonamides is 1. The molecule has 0 aromatic heterocycles. The van der Waals surface area contributed by atoms with Gasteiger partial charge in [0.1, 0.15) is 27.8 Å². The fourth-order valence-corrected chi connectivity index (χ4v) is 7.34. The van der Waals surface area contributed by atoms with Crippen LogP contribution < -0.4 is 24.4 Å². The Bertz CT molecular complexity index is 1300. The SMILES string of the molecule is COc1ccc(S(=O)(=O)N/N=C2\C[C@@H](C)[C@]34C[C@@H](CO)NCc5cc(OC)c(Br)c(c53)O[C@@H]4C2)cc1. The number of rotatable bonds is 6. The maximum Gasteiger partial charge on any atom is 0.276 e. The summed E-state index contributed by atoms with van der Waals surface area (Å²) in [5.41, 5.74) is 2.62. The molecule has 1 spiro atoms. The Kier molecular flexibility index (Phi) is 6.69. The Morgan fingerprint density at radius 3 is 2.67 bits per heavy atom. The molecule has 2 aromatic carbocycles. The molecule has 2 aliphatic heterocycles. The second kappa shape index (κ2) is 9.51. The molecule has 0 bridgehead atoms. The monoisotopic (exact) mass is 579 g/mol. The molecule has 1 fully saturated rings. The molecular formula is C25H30BrN3O6S. The van der Waals surface area contributed by atoms with Crippen LogP contribution in [0.3, 0.4) is 0 Å². The van der Waals surface area contributed by atoms with E-state index in [4.69, 9.17) is 14.2 Å². The number of hydrazone groups is 1. The summed E-state index contributed by atoms with van der Waals surface area (Å²) in [6, 6.07) is 8.10. The van der Waals surface area contributed by atoms with Crippen LogP contribution in [0.15, 0.2) is 44.8 Å². The molecule has 0 radical (unpaired) electrons. The van der Waals surface area contributed by atoms with Crippen LogP contribution >= 0.6 is 15.9 Å². The summed E-state index contributed by atoms with van der Waals surface area (Å²) in [6.45, 7) is 2.77. The first kappa shape index (κ1) is 25.3. The summed E-state index contributed by atoms with van der Waals surface area (Å²) in [7, 11) is -0.678. The van der Waals surface area contributed by atoms with E-state index in [-0.39, 0.29) is 35.0 Å². The number of hydrogen-bond donors (Lipinski definition) is 3. The van der Waals surface area contributed by atoms with Gasteiger partial charge in [0, 0.05) is 35.7 Å². The number of nitrogens with one attached hydrogen (secondary N) is 2. The summed E-state index contributed by atoms with van der Waals surface area (Å²) in [6.07, 6.45) is 1.53. The fraction of sp³-hybridized carbons (Fsp3) is 0.480. The minimum Gasteiger partial charge on any atom is -0.497 e. The van der Waals surface area contributed by atoms with Gasteiger partial charge in [-0.1, -0.05) is 6.92 Å². The maximum absolute atomic E-state index is 12.8. The number of methoxy groups -OCH3 is 2. The van der Waals surface area contributed by atoms with Crippen LogP contribution in [-0.4, -0.2) is 52.2 Å². The molecule has 36 heavy (non-hydrogen) atoms. The molecule has 4 atom stereocenters. The molecule has 3 aliphatic rings. The standard InChI is InChI=1S/C25H30BrN3O6S/c1-14-8-16(28-29-36(31,32)19-6-4-18(33-2)5-7-19)10-21-25(14)11-17(13-30)27-12-15-9-20(34-3)23(26)24(35-21)22(15)25/h4-7,9,14,17,21,27,29-30H,8,10-13H2,1-3H3/b28-16+/t14-,17+,21-,25+/m1/s1. The Morgan fingerprint density at radius 1 is 1.25 bits per heavy atom. The normalized spacial score (nSPS) is 28.0. The Morgan fingerprint density at radius 2 is 2.00 bits per heavy atom. The predicted octanol–water partition coefficient (Wildman–Crippen LogP) is 3.08. The van der Waals surface area contributed by atoms with Crippen LogP contribution in [0, 0.1) is 5.92 Å². The molecular weight excluding hydrogens is 550 g/mol. The van der Waals surface area contributed by atoms with Crippen LogP contribution in [-0.2, 0) is 22.0 Å². The highest BCUT2D eigenvalue weighted by Crippen LogP contribution is 2.60. The third-order valence-corrected chi connectivity index (χ3v) is 9.69. The van der Waals surface area contributed by atoms with Crippen LogP contribution in [0.2, 0.25) is 0 Å². The van der Waals surface area contributed by atoms with Crippen LogP contribution in [0.25, 0.3) is 0 Å². The molecule has 194 valence electrons. The smallest absolute Gasteiger partial charge is 0.276 e. The van der Waals surface area contributed by atoms with E-state index in [9.17, 15) is 13.5 Å². The number of halogens is 1. The van der Waals surface area contributed by atoms with Crippen LogP contribution in [0.5, 0.6) is 17.2 Å². The number of hydrogen-bond acceptors (Lipinski definition) is 8. The highest BCUT2D eigenvalue weighted by Gasteiger charge is 2.58. The van der Waals surface area contributed by atoms with Crippen molar-refractivity contribution in [2.45, 2.75) is 55.2 Å². The first-order chi connectivity index (χ1) is 17.2. The predicted molar refractivity (Wildman–Crippen MR) is 138 cm³/mol. The van der Waals surface area contributed by atoms with E-state index in [2.05, 4.69) is 38.1 Å². The topological polar surface area (TPSA) is 118 Å². The van der Waals surface area contributed by atoms with Gasteiger partial charge in [-0.25, -0.2) is 4.83 Å². The Hall–Kier alpha value is -2.34. The number of nitrogens with zero attached hydrogens (tertiary/aromatic N) is 1. The van der Waals surface area contributed by atoms with Gasteiger partial charge >= 0.3 is 0 Å². The molecule has 9 nitrogen and oxygen atoms in total. The molecule has 0 unspecified atom stereocenters. The summed E-state index contributed by atoms with van der Waals surface area (Å²) >= 11 is 3.67. The van der Waals surface area contributed by atoms with Gasteiger partial charge in [0.25, 0.3) is 10.0 Å². The van der Waals surface area contributed by atoms with Crippen molar-refractivity contribution in [1.29, 1.82) is 0 Å². The van der Waals surface area contributed by atoms with Gasteiger partial charge < -0.3 is 24.6 Å². The quantitative estimate of drug-likeness (QED) is 0.450. The van der Waals surface area contributed by atoms with Crippen molar-refractivity contribution in [2.75, 3.05) is 20.8 Å². The molecule has 2 heterocycles. The first-order valence-corrected chi connectivity index (χ1v) is 14.1. The van der Waals surface area contributed by atoms with Gasteiger partial charge in [-0.2, -0.15) is 13.5 Å². The van der Waals surface area contributed by atoms with Crippen molar-refractivity contribution in [3.8, 4) is 17.2 Å². The Labute approximate surface area is 219 Å². The molecule has 0 amide bonds. The van der Waals surface area contributed by atoms with Gasteiger partial charge in [0.2, 0.25) is 0 Å². The maximum atomic E-state index is 12.8. The molecule has 1 aliphatic carbocycles. The fourth-order valence-electron chi connectivity index (χ4n) is 5.92.